The van der Waals surface area contributed by atoms with Crippen LogP contribution in [0.3, 0.4) is 0 Å². The van der Waals surface area contributed by atoms with Crippen LogP contribution >= 0.6 is 0 Å². The summed E-state index contributed by atoms with van der Waals surface area (Å²) >= 11 is 0. The zero-order valence-corrected chi connectivity index (χ0v) is 21.1. The van der Waals surface area contributed by atoms with E-state index in [0.29, 0.717) is 17.7 Å². The molecule has 0 radical (unpaired) electrons. The lowest BCUT2D eigenvalue weighted by Crippen LogP contribution is -2.49. The topological polar surface area (TPSA) is 29.1 Å². The number of carbonyl (C=O) groups excluding carboxylic acids is 1. The van der Waals surface area contributed by atoms with E-state index in [9.17, 15) is 44.3 Å². The van der Waals surface area contributed by atoms with Crippen LogP contribution in [0, 0.1) is 24.4 Å². The molecule has 0 aliphatic heterocycles. The van der Waals surface area contributed by atoms with Gasteiger partial charge in [-0.1, -0.05) is 42.5 Å². The fourth-order valence-electron chi connectivity index (χ4n) is 4.52. The van der Waals surface area contributed by atoms with Crippen molar-refractivity contribution in [3.8, 4) is 0 Å². The molecule has 41 heavy (non-hydrogen) atoms. The first-order valence-electron chi connectivity index (χ1n) is 12.0. The van der Waals surface area contributed by atoms with E-state index in [2.05, 4.69) is 5.32 Å². The van der Waals surface area contributed by atoms with Gasteiger partial charge in [-0.2, -0.15) is 26.3 Å². The Hall–Kier alpha value is -4.28. The Balaban J connectivity index is 2.01. The Morgan fingerprint density at radius 1 is 0.683 bits per heavy atom. The molecule has 4 rings (SSSR count). The predicted molar refractivity (Wildman–Crippen MR) is 132 cm³/mol. The number of carbonyl (C=O) groups is 1. The summed E-state index contributed by atoms with van der Waals surface area (Å²) in [6.07, 6.45) is -10.5. The Kier molecular flexibility index (Phi) is 7.93. The highest BCUT2D eigenvalue weighted by Gasteiger charge is 2.41. The second-order valence-corrected chi connectivity index (χ2v) is 9.40. The largest absolute Gasteiger partial charge is 0.419 e. The minimum atomic E-state index is -5.15. The van der Waals surface area contributed by atoms with E-state index in [1.165, 1.54) is 19.1 Å². The molecule has 1 atom stereocenters. The summed E-state index contributed by atoms with van der Waals surface area (Å²) in [7, 11) is 0. The van der Waals surface area contributed by atoms with Gasteiger partial charge in [-0.15, -0.1) is 0 Å². The van der Waals surface area contributed by atoms with Crippen molar-refractivity contribution in [2.75, 3.05) is 0 Å². The van der Waals surface area contributed by atoms with Gasteiger partial charge in [0.2, 0.25) is 0 Å². The van der Waals surface area contributed by atoms with Crippen molar-refractivity contribution >= 4 is 5.91 Å². The molecule has 2 nitrogen and oxygen atoms in total. The van der Waals surface area contributed by atoms with E-state index in [1.807, 2.05) is 0 Å². The van der Waals surface area contributed by atoms with Gasteiger partial charge in [0, 0.05) is 12.0 Å². The molecular formula is C30H20F9NO. The standard InChI is InChI=1S/C30H20F9NO/c1-17-11-20(8-10-25(17)32)28(16-18-5-3-2-4-6-18,21-13-22(29(34,35)36)15-23(31)14-21)40-27(41)19-7-9-26(33)24(12-19)30(37,38)39/h2-15H,16H2,1H3,(H,40,41). The molecule has 1 unspecified atom stereocenters. The molecule has 0 bridgehead atoms. The fraction of sp³-hybridized carbons (Fsp3) is 0.167. The van der Waals surface area contributed by atoms with Crippen molar-refractivity contribution in [3.05, 3.63) is 141 Å². The van der Waals surface area contributed by atoms with E-state index in [1.54, 1.807) is 30.3 Å². The summed E-state index contributed by atoms with van der Waals surface area (Å²) < 4.78 is 124. The molecule has 0 saturated heterocycles. The van der Waals surface area contributed by atoms with Crippen LogP contribution in [0.25, 0.3) is 0 Å². The number of hydrogen-bond donors (Lipinski definition) is 1. The van der Waals surface area contributed by atoms with E-state index in [-0.39, 0.29) is 29.7 Å². The number of benzene rings is 4. The van der Waals surface area contributed by atoms with Crippen molar-refractivity contribution < 1.29 is 44.3 Å². The molecule has 214 valence electrons. The summed E-state index contributed by atoms with van der Waals surface area (Å²) in [4.78, 5) is 13.5. The Morgan fingerprint density at radius 3 is 1.93 bits per heavy atom. The second-order valence-electron chi connectivity index (χ2n) is 9.40. The third-order valence-corrected chi connectivity index (χ3v) is 6.54. The molecule has 0 spiro atoms. The lowest BCUT2D eigenvalue weighted by atomic mass is 9.76. The summed E-state index contributed by atoms with van der Waals surface area (Å²) in [5, 5.41) is 2.49. The molecule has 0 aliphatic carbocycles. The van der Waals surface area contributed by atoms with Gasteiger partial charge in [0.25, 0.3) is 5.91 Å². The average Bonchev–Trinajstić information content (AvgIpc) is 2.89. The minimum absolute atomic E-state index is 0.0190. The zero-order valence-electron chi connectivity index (χ0n) is 21.1. The lowest BCUT2D eigenvalue weighted by molar-refractivity contribution is -0.140. The zero-order chi connectivity index (χ0) is 30.2. The van der Waals surface area contributed by atoms with E-state index in [0.717, 1.165) is 18.2 Å². The number of aryl methyl sites for hydroxylation is 1. The third-order valence-electron chi connectivity index (χ3n) is 6.54. The van der Waals surface area contributed by atoms with Crippen molar-refractivity contribution in [1.29, 1.82) is 0 Å². The molecular weight excluding hydrogens is 561 g/mol. The van der Waals surface area contributed by atoms with Crippen molar-refractivity contribution in [2.45, 2.75) is 31.2 Å². The van der Waals surface area contributed by atoms with Crippen LogP contribution < -0.4 is 5.32 Å². The normalized spacial score (nSPS) is 13.5. The van der Waals surface area contributed by atoms with E-state index < -0.39 is 63.5 Å². The van der Waals surface area contributed by atoms with Crippen LogP contribution in [0.4, 0.5) is 39.5 Å². The quantitative estimate of drug-likeness (QED) is 0.228. The maximum atomic E-state index is 14.7. The van der Waals surface area contributed by atoms with Gasteiger partial charge in [-0.05, 0) is 71.6 Å². The molecule has 0 heterocycles. The highest BCUT2D eigenvalue weighted by molar-refractivity contribution is 5.95. The van der Waals surface area contributed by atoms with Crippen molar-refractivity contribution in [2.24, 2.45) is 0 Å². The van der Waals surface area contributed by atoms with Crippen LogP contribution in [0.15, 0.2) is 84.9 Å². The van der Waals surface area contributed by atoms with Crippen LogP contribution in [-0.2, 0) is 24.3 Å². The van der Waals surface area contributed by atoms with Crippen LogP contribution in [0.1, 0.15) is 43.7 Å². The lowest BCUT2D eigenvalue weighted by Gasteiger charge is -2.37. The smallest absolute Gasteiger partial charge is 0.338 e. The predicted octanol–water partition coefficient (Wildman–Crippen LogP) is 8.37. The van der Waals surface area contributed by atoms with Crippen molar-refractivity contribution in [1.82, 2.24) is 5.32 Å². The Labute approximate surface area is 228 Å². The molecule has 0 aliphatic rings. The first-order chi connectivity index (χ1) is 19.1. The average molecular weight is 581 g/mol. The molecule has 4 aromatic carbocycles. The highest BCUT2D eigenvalue weighted by atomic mass is 19.4. The van der Waals surface area contributed by atoms with Crippen LogP contribution in [-0.4, -0.2) is 5.91 Å². The second kappa shape index (κ2) is 10.9. The van der Waals surface area contributed by atoms with Gasteiger partial charge >= 0.3 is 12.4 Å². The summed E-state index contributed by atoms with van der Waals surface area (Å²) in [5.74, 6) is -4.86. The summed E-state index contributed by atoms with van der Waals surface area (Å²) in [5.41, 5.74) is -5.78. The van der Waals surface area contributed by atoms with Crippen LogP contribution in [0.2, 0.25) is 0 Å². The van der Waals surface area contributed by atoms with Gasteiger partial charge in [-0.25, -0.2) is 13.2 Å². The molecule has 1 N–H and O–H groups in total. The molecule has 0 aromatic heterocycles. The number of nitrogens with one attached hydrogen (secondary N) is 1. The van der Waals surface area contributed by atoms with Crippen molar-refractivity contribution in [3.63, 3.8) is 0 Å². The van der Waals surface area contributed by atoms with Gasteiger partial charge < -0.3 is 5.32 Å². The van der Waals surface area contributed by atoms with E-state index >= 15 is 0 Å². The molecule has 0 fully saturated rings. The SMILES string of the molecule is Cc1cc(C(Cc2ccccc2)(NC(=O)c2ccc(F)c(C(F)(F)F)c2)c2cc(F)cc(C(F)(F)F)c2)ccc1F. The molecule has 11 heteroatoms. The molecule has 4 aromatic rings. The first-order valence-corrected chi connectivity index (χ1v) is 12.0. The summed E-state index contributed by atoms with van der Waals surface area (Å²) in [6, 6.07) is 14.5. The number of rotatable bonds is 6. The van der Waals surface area contributed by atoms with Gasteiger partial charge in [0.1, 0.15) is 17.5 Å². The van der Waals surface area contributed by atoms with Crippen LogP contribution in [0.5, 0.6) is 0 Å². The van der Waals surface area contributed by atoms with Gasteiger partial charge in [-0.3, -0.25) is 4.79 Å². The van der Waals surface area contributed by atoms with E-state index in [4.69, 9.17) is 0 Å². The maximum Gasteiger partial charge on any atom is 0.419 e. The Morgan fingerprint density at radius 2 is 1.32 bits per heavy atom. The first kappa shape index (κ1) is 29.7. The Bertz CT molecular complexity index is 1580. The highest BCUT2D eigenvalue weighted by Crippen LogP contribution is 2.39. The monoisotopic (exact) mass is 581 g/mol. The maximum absolute atomic E-state index is 14.7. The number of alkyl halides is 6. The minimum Gasteiger partial charge on any atom is -0.338 e. The van der Waals surface area contributed by atoms with Gasteiger partial charge in [0.15, 0.2) is 0 Å². The van der Waals surface area contributed by atoms with Gasteiger partial charge in [0.05, 0.1) is 16.7 Å². The fourth-order valence-corrected chi connectivity index (χ4v) is 4.52. The number of hydrogen-bond acceptors (Lipinski definition) is 1. The summed E-state index contributed by atoms with van der Waals surface area (Å²) in [6.45, 7) is 1.36. The molecule has 0 saturated carbocycles. The third kappa shape index (κ3) is 6.39. The number of halogens is 9. The molecule has 1 amide bonds. The number of amides is 1.